The van der Waals surface area contributed by atoms with E-state index < -0.39 is 0 Å². The Morgan fingerprint density at radius 2 is 1.95 bits per heavy atom. The predicted octanol–water partition coefficient (Wildman–Crippen LogP) is 5.57. The first kappa shape index (κ1) is 15.4. The van der Waals surface area contributed by atoms with Gasteiger partial charge in [-0.25, -0.2) is 0 Å². The monoisotopic (exact) mass is 353 g/mol. The van der Waals surface area contributed by atoms with Crippen molar-refractivity contribution in [1.29, 1.82) is 0 Å². The van der Waals surface area contributed by atoms with Gasteiger partial charge in [-0.2, -0.15) is 0 Å². The average Bonchev–Trinajstić information content (AvgIpc) is 2.44. The highest BCUT2D eigenvalue weighted by Crippen LogP contribution is 2.35. The molecule has 2 aromatic carbocycles. The van der Waals surface area contributed by atoms with Gasteiger partial charge in [-0.1, -0.05) is 52.7 Å². The van der Waals surface area contributed by atoms with Gasteiger partial charge >= 0.3 is 0 Å². The van der Waals surface area contributed by atoms with E-state index in [-0.39, 0.29) is 6.04 Å². The molecule has 0 saturated carbocycles. The van der Waals surface area contributed by atoms with Crippen LogP contribution in [0.25, 0.3) is 0 Å². The van der Waals surface area contributed by atoms with E-state index in [4.69, 9.17) is 16.3 Å². The predicted molar refractivity (Wildman–Crippen MR) is 87.8 cm³/mol. The molecule has 4 heteroatoms. The van der Waals surface area contributed by atoms with Gasteiger partial charge in [-0.3, -0.25) is 0 Å². The van der Waals surface area contributed by atoms with Gasteiger partial charge < -0.3 is 10.1 Å². The molecule has 0 aliphatic carbocycles. The molecule has 0 amide bonds. The fourth-order valence-corrected chi connectivity index (χ4v) is 2.52. The van der Waals surface area contributed by atoms with Gasteiger partial charge in [-0.05, 0) is 37.7 Å². The quantitative estimate of drug-likeness (QED) is 0.758. The van der Waals surface area contributed by atoms with E-state index in [0.717, 1.165) is 22.3 Å². The lowest BCUT2D eigenvalue weighted by molar-refractivity contribution is 0.463. The molecule has 0 bridgehead atoms. The highest BCUT2D eigenvalue weighted by molar-refractivity contribution is 9.10. The molecule has 2 nitrogen and oxygen atoms in total. The minimum atomic E-state index is 0.224. The van der Waals surface area contributed by atoms with Crippen LogP contribution in [0.5, 0.6) is 11.5 Å². The summed E-state index contributed by atoms with van der Waals surface area (Å²) in [6.45, 7) is 5.12. The Bertz CT molecular complexity index is 588. The zero-order valence-corrected chi connectivity index (χ0v) is 13.8. The van der Waals surface area contributed by atoms with Crippen molar-refractivity contribution >= 4 is 27.5 Å². The molecule has 2 rings (SSSR count). The first-order valence-corrected chi connectivity index (χ1v) is 7.74. The second kappa shape index (κ2) is 7.11. The second-order valence-corrected chi connectivity index (χ2v) is 5.82. The van der Waals surface area contributed by atoms with Crippen LogP contribution in [0.2, 0.25) is 5.02 Å². The van der Waals surface area contributed by atoms with E-state index in [1.54, 1.807) is 0 Å². The minimum absolute atomic E-state index is 0.224. The Kier molecular flexibility index (Phi) is 5.46. The largest absolute Gasteiger partial charge is 0.455 e. The Balaban J connectivity index is 2.31. The van der Waals surface area contributed by atoms with Gasteiger partial charge in [0.15, 0.2) is 0 Å². The summed E-state index contributed by atoms with van der Waals surface area (Å²) in [4.78, 5) is 0. The molecule has 1 N–H and O–H groups in total. The number of benzene rings is 2. The molecular weight excluding hydrogens is 338 g/mol. The Morgan fingerprint density at radius 1 is 1.20 bits per heavy atom. The molecule has 1 atom stereocenters. The smallest absolute Gasteiger partial charge is 0.147 e. The number of para-hydroxylation sites is 1. The van der Waals surface area contributed by atoms with E-state index in [2.05, 4.69) is 41.2 Å². The zero-order chi connectivity index (χ0) is 14.5. The van der Waals surface area contributed by atoms with Crippen molar-refractivity contribution in [3.05, 3.63) is 57.5 Å². The van der Waals surface area contributed by atoms with Crippen LogP contribution in [0.4, 0.5) is 0 Å². The Labute approximate surface area is 133 Å². The van der Waals surface area contributed by atoms with E-state index >= 15 is 0 Å². The van der Waals surface area contributed by atoms with Crippen LogP contribution < -0.4 is 10.1 Å². The van der Waals surface area contributed by atoms with Crippen molar-refractivity contribution in [1.82, 2.24) is 5.32 Å². The third-order valence-electron chi connectivity index (χ3n) is 3.01. The molecule has 1 unspecified atom stereocenters. The fraction of sp³-hybridized carbons (Fsp3) is 0.250. The van der Waals surface area contributed by atoms with Gasteiger partial charge in [0.05, 0.1) is 5.02 Å². The molecule has 0 spiro atoms. The van der Waals surface area contributed by atoms with Gasteiger partial charge in [0.2, 0.25) is 0 Å². The lowest BCUT2D eigenvalue weighted by Gasteiger charge is -2.18. The summed E-state index contributed by atoms with van der Waals surface area (Å²) in [5.74, 6) is 1.47. The molecule has 0 fully saturated rings. The lowest BCUT2D eigenvalue weighted by Crippen LogP contribution is -2.18. The normalized spacial score (nSPS) is 12.2. The van der Waals surface area contributed by atoms with E-state index in [9.17, 15) is 0 Å². The molecule has 2 aromatic rings. The standard InChI is InChI=1S/C16H17BrClNO/c1-3-19-11(2)13-6-4-5-7-15(13)20-16-10-12(17)8-9-14(16)18/h4-11,19H,3H2,1-2H3. The molecule has 20 heavy (non-hydrogen) atoms. The fourth-order valence-electron chi connectivity index (χ4n) is 2.02. The van der Waals surface area contributed by atoms with Crippen LogP contribution >= 0.6 is 27.5 Å². The third kappa shape index (κ3) is 3.75. The number of ether oxygens (including phenoxy) is 1. The average molecular weight is 355 g/mol. The molecule has 106 valence electrons. The number of hydrogen-bond donors (Lipinski definition) is 1. The molecule has 0 saturated heterocycles. The molecule has 0 aromatic heterocycles. The van der Waals surface area contributed by atoms with Crippen molar-refractivity contribution in [2.24, 2.45) is 0 Å². The Hall–Kier alpha value is -1.03. The number of hydrogen-bond acceptors (Lipinski definition) is 2. The summed E-state index contributed by atoms with van der Waals surface area (Å²) in [7, 11) is 0. The molecule has 0 radical (unpaired) electrons. The minimum Gasteiger partial charge on any atom is -0.455 e. The third-order valence-corrected chi connectivity index (χ3v) is 3.81. The number of halogens is 2. The molecule has 0 heterocycles. The maximum absolute atomic E-state index is 6.18. The summed E-state index contributed by atoms with van der Waals surface area (Å²) in [6.07, 6.45) is 0. The zero-order valence-electron chi connectivity index (χ0n) is 11.5. The highest BCUT2D eigenvalue weighted by Gasteiger charge is 2.12. The second-order valence-electron chi connectivity index (χ2n) is 4.49. The van der Waals surface area contributed by atoms with Crippen LogP contribution in [0.3, 0.4) is 0 Å². The van der Waals surface area contributed by atoms with Crippen LogP contribution in [0.1, 0.15) is 25.5 Å². The first-order valence-electron chi connectivity index (χ1n) is 6.57. The lowest BCUT2D eigenvalue weighted by atomic mass is 10.1. The van der Waals surface area contributed by atoms with E-state index in [1.807, 2.05) is 36.4 Å². The van der Waals surface area contributed by atoms with E-state index in [0.29, 0.717) is 10.8 Å². The summed E-state index contributed by atoms with van der Waals surface area (Å²) in [5, 5.41) is 3.99. The first-order chi connectivity index (χ1) is 9.61. The van der Waals surface area contributed by atoms with Crippen molar-refractivity contribution in [3.8, 4) is 11.5 Å². The SMILES string of the molecule is CCNC(C)c1ccccc1Oc1cc(Br)ccc1Cl. The van der Waals surface area contributed by atoms with Crippen molar-refractivity contribution in [3.63, 3.8) is 0 Å². The van der Waals surface area contributed by atoms with Gasteiger partial charge in [0.1, 0.15) is 11.5 Å². The maximum atomic E-state index is 6.18. The van der Waals surface area contributed by atoms with Crippen molar-refractivity contribution in [2.45, 2.75) is 19.9 Å². The summed E-state index contributed by atoms with van der Waals surface area (Å²) in [6, 6.07) is 13.8. The summed E-state index contributed by atoms with van der Waals surface area (Å²) in [5.41, 5.74) is 1.12. The van der Waals surface area contributed by atoms with Crippen LogP contribution in [-0.4, -0.2) is 6.54 Å². The van der Waals surface area contributed by atoms with Crippen LogP contribution in [-0.2, 0) is 0 Å². The molecular formula is C16H17BrClNO. The van der Waals surface area contributed by atoms with Crippen molar-refractivity contribution in [2.75, 3.05) is 6.54 Å². The van der Waals surface area contributed by atoms with Crippen LogP contribution in [0, 0.1) is 0 Å². The van der Waals surface area contributed by atoms with E-state index in [1.165, 1.54) is 0 Å². The number of nitrogens with one attached hydrogen (secondary N) is 1. The van der Waals surface area contributed by atoms with Crippen molar-refractivity contribution < 1.29 is 4.74 Å². The Morgan fingerprint density at radius 3 is 2.70 bits per heavy atom. The van der Waals surface area contributed by atoms with Gasteiger partial charge in [0.25, 0.3) is 0 Å². The van der Waals surface area contributed by atoms with Crippen LogP contribution in [0.15, 0.2) is 46.9 Å². The summed E-state index contributed by atoms with van der Waals surface area (Å²) < 4.78 is 6.93. The van der Waals surface area contributed by atoms with Gasteiger partial charge in [-0.15, -0.1) is 0 Å². The number of rotatable bonds is 5. The summed E-state index contributed by atoms with van der Waals surface area (Å²) >= 11 is 9.61. The molecule has 0 aliphatic heterocycles. The van der Waals surface area contributed by atoms with Gasteiger partial charge in [0, 0.05) is 16.1 Å². The highest BCUT2D eigenvalue weighted by atomic mass is 79.9. The topological polar surface area (TPSA) is 21.3 Å². The maximum Gasteiger partial charge on any atom is 0.147 e. The molecule has 0 aliphatic rings.